The zero-order valence-corrected chi connectivity index (χ0v) is 11.9. The molecule has 21 heavy (non-hydrogen) atoms. The Labute approximate surface area is 122 Å². The summed E-state index contributed by atoms with van der Waals surface area (Å²) in [6.45, 7) is 3.74. The molecular formula is C15H19F3N2O. The molecule has 1 aliphatic heterocycles. The van der Waals surface area contributed by atoms with Crippen LogP contribution in [0.1, 0.15) is 30.9 Å². The minimum Gasteiger partial charge on any atom is -0.352 e. The number of likely N-dealkylation sites (tertiary alicyclic amines) is 1. The molecule has 1 heterocycles. The maximum atomic E-state index is 12.5. The zero-order valence-electron chi connectivity index (χ0n) is 11.9. The molecule has 1 fully saturated rings. The van der Waals surface area contributed by atoms with Crippen molar-refractivity contribution >= 4 is 5.91 Å². The predicted octanol–water partition coefficient (Wildman–Crippen LogP) is 2.81. The van der Waals surface area contributed by atoms with Crippen LogP contribution in [0.3, 0.4) is 0 Å². The zero-order chi connectivity index (χ0) is 15.5. The highest BCUT2D eigenvalue weighted by molar-refractivity contribution is 5.73. The highest BCUT2D eigenvalue weighted by Gasteiger charge is 2.30. The fourth-order valence-electron chi connectivity index (χ4n) is 2.66. The maximum absolute atomic E-state index is 12.5. The largest absolute Gasteiger partial charge is 0.416 e. The van der Waals surface area contributed by atoms with Gasteiger partial charge >= 0.3 is 6.18 Å². The summed E-state index contributed by atoms with van der Waals surface area (Å²) in [5.74, 6) is -0.0450. The Morgan fingerprint density at radius 3 is 2.57 bits per heavy atom. The number of carbonyl (C=O) groups excluding carboxylic acids is 1. The van der Waals surface area contributed by atoms with Gasteiger partial charge in [0.2, 0.25) is 5.91 Å². The predicted molar refractivity (Wildman–Crippen MR) is 73.6 cm³/mol. The number of nitrogens with one attached hydrogen (secondary N) is 1. The molecule has 0 spiro atoms. The van der Waals surface area contributed by atoms with E-state index in [9.17, 15) is 18.0 Å². The van der Waals surface area contributed by atoms with Gasteiger partial charge in [-0.1, -0.05) is 12.1 Å². The molecule has 1 atom stereocenters. The second-order valence-corrected chi connectivity index (χ2v) is 5.47. The van der Waals surface area contributed by atoms with Gasteiger partial charge in [-0.25, -0.2) is 0 Å². The minimum absolute atomic E-state index is 0.0450. The second kappa shape index (κ2) is 6.47. The molecule has 116 valence electrons. The first-order valence-electron chi connectivity index (χ1n) is 7.00. The molecule has 0 radical (unpaired) electrons. The summed E-state index contributed by atoms with van der Waals surface area (Å²) in [5.41, 5.74) is 0.229. The Balaban J connectivity index is 1.93. The van der Waals surface area contributed by atoms with Crippen LogP contribution in [0.25, 0.3) is 0 Å². The number of carbonyl (C=O) groups is 1. The summed E-state index contributed by atoms with van der Waals surface area (Å²) in [4.78, 5) is 13.2. The number of hydrogen-bond acceptors (Lipinski definition) is 2. The number of nitrogens with zero attached hydrogens (tertiary/aromatic N) is 1. The molecule has 1 unspecified atom stereocenters. The lowest BCUT2D eigenvalue weighted by Gasteiger charge is -2.33. The van der Waals surface area contributed by atoms with Gasteiger partial charge < -0.3 is 5.32 Å². The third-order valence-electron chi connectivity index (χ3n) is 3.60. The van der Waals surface area contributed by atoms with Gasteiger partial charge in [0.25, 0.3) is 0 Å². The number of benzene rings is 1. The Morgan fingerprint density at radius 1 is 1.33 bits per heavy atom. The van der Waals surface area contributed by atoms with E-state index < -0.39 is 11.7 Å². The summed E-state index contributed by atoms with van der Waals surface area (Å²) in [6.07, 6.45) is -2.37. The third-order valence-corrected chi connectivity index (χ3v) is 3.60. The Morgan fingerprint density at radius 2 is 2.00 bits per heavy atom. The van der Waals surface area contributed by atoms with Crippen molar-refractivity contribution in [1.82, 2.24) is 10.2 Å². The molecule has 1 N–H and O–H groups in total. The number of alkyl halides is 3. The summed E-state index contributed by atoms with van der Waals surface area (Å²) < 4.78 is 37.5. The monoisotopic (exact) mass is 300 g/mol. The topological polar surface area (TPSA) is 32.3 Å². The van der Waals surface area contributed by atoms with Crippen molar-refractivity contribution in [3.8, 4) is 0 Å². The van der Waals surface area contributed by atoms with Crippen molar-refractivity contribution < 1.29 is 18.0 Å². The minimum atomic E-state index is -4.29. The van der Waals surface area contributed by atoms with Crippen LogP contribution in [0.2, 0.25) is 0 Å². The van der Waals surface area contributed by atoms with E-state index in [4.69, 9.17) is 0 Å². The van der Waals surface area contributed by atoms with Gasteiger partial charge in [0.15, 0.2) is 0 Å². The van der Waals surface area contributed by atoms with Crippen LogP contribution >= 0.6 is 0 Å². The summed E-state index contributed by atoms with van der Waals surface area (Å²) in [7, 11) is 0. The number of piperidine rings is 1. The van der Waals surface area contributed by atoms with Crippen LogP contribution in [0.15, 0.2) is 24.3 Å². The van der Waals surface area contributed by atoms with Gasteiger partial charge in [0.05, 0.1) is 5.56 Å². The van der Waals surface area contributed by atoms with Crippen molar-refractivity contribution in [2.75, 3.05) is 13.1 Å². The smallest absolute Gasteiger partial charge is 0.352 e. The van der Waals surface area contributed by atoms with E-state index in [1.165, 1.54) is 19.1 Å². The molecule has 0 saturated carbocycles. The van der Waals surface area contributed by atoms with E-state index in [0.29, 0.717) is 6.54 Å². The van der Waals surface area contributed by atoms with Crippen molar-refractivity contribution in [2.45, 2.75) is 38.5 Å². The Hall–Kier alpha value is -1.56. The highest BCUT2D eigenvalue weighted by Crippen LogP contribution is 2.29. The van der Waals surface area contributed by atoms with E-state index in [1.54, 1.807) is 0 Å². The van der Waals surface area contributed by atoms with Crippen LogP contribution in [0, 0.1) is 0 Å². The maximum Gasteiger partial charge on any atom is 0.416 e. The Kier molecular flexibility index (Phi) is 4.88. The van der Waals surface area contributed by atoms with Crippen LogP contribution in [-0.2, 0) is 17.5 Å². The quantitative estimate of drug-likeness (QED) is 0.931. The first kappa shape index (κ1) is 15.8. The second-order valence-electron chi connectivity index (χ2n) is 5.47. The molecule has 1 aliphatic rings. The summed E-state index contributed by atoms with van der Waals surface area (Å²) in [5, 5.41) is 2.90. The fraction of sp³-hybridized carbons (Fsp3) is 0.533. The van der Waals surface area contributed by atoms with Gasteiger partial charge in [0.1, 0.15) is 0 Å². The molecule has 6 heteroatoms. The van der Waals surface area contributed by atoms with E-state index in [1.807, 2.05) is 0 Å². The van der Waals surface area contributed by atoms with Gasteiger partial charge in [-0.15, -0.1) is 0 Å². The first-order chi connectivity index (χ1) is 9.84. The summed E-state index contributed by atoms with van der Waals surface area (Å²) in [6, 6.07) is 5.40. The molecule has 1 amide bonds. The fourth-order valence-corrected chi connectivity index (χ4v) is 2.66. The molecule has 0 aromatic heterocycles. The van der Waals surface area contributed by atoms with Gasteiger partial charge in [-0.05, 0) is 37.1 Å². The lowest BCUT2D eigenvalue weighted by Crippen LogP contribution is -2.46. The van der Waals surface area contributed by atoms with Crippen molar-refractivity contribution in [1.29, 1.82) is 0 Å². The normalized spacial score (nSPS) is 20.3. The SMILES string of the molecule is CC(=O)NC1CCCN(Cc2ccc(C(F)(F)F)cc2)C1. The average Bonchev–Trinajstić information content (AvgIpc) is 2.38. The molecule has 1 saturated heterocycles. The lowest BCUT2D eigenvalue weighted by molar-refractivity contribution is -0.137. The number of amides is 1. The molecule has 2 rings (SSSR count). The van der Waals surface area contributed by atoms with Crippen LogP contribution in [-0.4, -0.2) is 29.9 Å². The van der Waals surface area contributed by atoms with Gasteiger partial charge in [-0.3, -0.25) is 9.69 Å². The van der Waals surface area contributed by atoms with Crippen molar-refractivity contribution in [2.24, 2.45) is 0 Å². The molecule has 0 bridgehead atoms. The van der Waals surface area contributed by atoms with E-state index in [-0.39, 0.29) is 11.9 Å². The number of rotatable bonds is 3. The van der Waals surface area contributed by atoms with E-state index in [2.05, 4.69) is 10.2 Å². The van der Waals surface area contributed by atoms with Crippen LogP contribution in [0.5, 0.6) is 0 Å². The molecule has 1 aromatic carbocycles. The van der Waals surface area contributed by atoms with Crippen LogP contribution < -0.4 is 5.32 Å². The molecular weight excluding hydrogens is 281 g/mol. The summed E-state index contributed by atoms with van der Waals surface area (Å²) >= 11 is 0. The number of hydrogen-bond donors (Lipinski definition) is 1. The first-order valence-corrected chi connectivity index (χ1v) is 7.00. The van der Waals surface area contributed by atoms with Crippen molar-refractivity contribution in [3.05, 3.63) is 35.4 Å². The van der Waals surface area contributed by atoms with Crippen LogP contribution in [0.4, 0.5) is 13.2 Å². The average molecular weight is 300 g/mol. The highest BCUT2D eigenvalue weighted by atomic mass is 19.4. The molecule has 3 nitrogen and oxygen atoms in total. The Bertz CT molecular complexity index is 485. The number of halogens is 3. The third kappa shape index (κ3) is 4.74. The van der Waals surface area contributed by atoms with E-state index in [0.717, 1.165) is 43.6 Å². The molecule has 0 aliphatic carbocycles. The molecule has 1 aromatic rings. The standard InChI is InChI=1S/C15H19F3N2O/c1-11(21)19-14-3-2-8-20(10-14)9-12-4-6-13(7-5-12)15(16,17)18/h4-7,14H,2-3,8-10H2,1H3,(H,19,21). The van der Waals surface area contributed by atoms with Gasteiger partial charge in [-0.2, -0.15) is 13.2 Å². The lowest BCUT2D eigenvalue weighted by atomic mass is 10.0. The van der Waals surface area contributed by atoms with Gasteiger partial charge in [0, 0.05) is 26.1 Å². The van der Waals surface area contributed by atoms with Crippen molar-refractivity contribution in [3.63, 3.8) is 0 Å². The van der Waals surface area contributed by atoms with E-state index >= 15 is 0 Å².